The van der Waals surface area contributed by atoms with E-state index in [1.807, 2.05) is 6.92 Å². The van der Waals surface area contributed by atoms with Crippen LogP contribution in [0.4, 0.5) is 5.69 Å². The van der Waals surface area contributed by atoms with Gasteiger partial charge in [-0.2, -0.15) is 0 Å². The zero-order valence-corrected chi connectivity index (χ0v) is 16.7. The molecule has 4 N–H and O–H groups in total. The van der Waals surface area contributed by atoms with Gasteiger partial charge < -0.3 is 21.1 Å². The molecule has 1 unspecified atom stereocenters. The molecular weight excluding hydrogens is 417 g/mol. The van der Waals surface area contributed by atoms with Gasteiger partial charge in [-0.15, -0.1) is 0 Å². The van der Waals surface area contributed by atoms with Crippen LogP contribution < -0.4 is 16.0 Å². The van der Waals surface area contributed by atoms with Gasteiger partial charge in [0.2, 0.25) is 3.79 Å². The number of benzene rings is 2. The molecule has 0 fully saturated rings. The van der Waals surface area contributed by atoms with Crippen LogP contribution >= 0.6 is 47.0 Å². The molecule has 0 aliphatic heterocycles. The monoisotopic (exact) mass is 431 g/mol. The lowest BCUT2D eigenvalue weighted by molar-refractivity contribution is 0.0934. The Labute approximate surface area is 171 Å². The molecule has 138 valence electrons. The first kappa shape index (κ1) is 20.6. The van der Waals surface area contributed by atoms with Crippen LogP contribution in [-0.4, -0.2) is 26.1 Å². The maximum atomic E-state index is 12.4. The fraction of sp³-hybridized carbons (Fsp3) is 0.176. The number of para-hydroxylation sites is 2. The molecule has 1 atom stereocenters. The first-order chi connectivity index (χ1) is 12.2. The van der Waals surface area contributed by atoms with Crippen LogP contribution in [0.15, 0.2) is 48.5 Å². The third-order valence-electron chi connectivity index (χ3n) is 3.34. The van der Waals surface area contributed by atoms with Gasteiger partial charge in [0.05, 0.1) is 5.69 Å². The maximum Gasteiger partial charge on any atom is 0.252 e. The minimum atomic E-state index is -1.87. The first-order valence-corrected chi connectivity index (χ1v) is 9.01. The Morgan fingerprint density at radius 2 is 1.69 bits per heavy atom. The highest BCUT2D eigenvalue weighted by atomic mass is 35.6. The number of phenols is 1. The number of aryl methyl sites for hydroxylation is 1. The van der Waals surface area contributed by atoms with E-state index in [1.165, 1.54) is 6.07 Å². The van der Waals surface area contributed by atoms with E-state index in [0.29, 0.717) is 11.3 Å². The predicted molar refractivity (Wildman–Crippen MR) is 110 cm³/mol. The van der Waals surface area contributed by atoms with Crippen molar-refractivity contribution in [2.45, 2.75) is 16.9 Å². The van der Waals surface area contributed by atoms with Crippen molar-refractivity contribution in [2.24, 2.45) is 0 Å². The maximum absolute atomic E-state index is 12.4. The smallest absolute Gasteiger partial charge is 0.252 e. The second kappa shape index (κ2) is 8.77. The van der Waals surface area contributed by atoms with Crippen molar-refractivity contribution in [3.05, 3.63) is 59.7 Å². The number of hydrogen-bond acceptors (Lipinski definition) is 3. The quantitative estimate of drug-likeness (QED) is 0.253. The summed E-state index contributed by atoms with van der Waals surface area (Å²) in [5.74, 6) is -0.426. The van der Waals surface area contributed by atoms with Crippen LogP contribution in [0.3, 0.4) is 0 Å². The van der Waals surface area contributed by atoms with Crippen LogP contribution in [0, 0.1) is 6.92 Å². The van der Waals surface area contributed by atoms with Crippen molar-refractivity contribution in [3.8, 4) is 5.75 Å². The van der Waals surface area contributed by atoms with Gasteiger partial charge in [0.15, 0.2) is 5.11 Å². The van der Waals surface area contributed by atoms with E-state index in [1.54, 1.807) is 42.5 Å². The van der Waals surface area contributed by atoms with E-state index < -0.39 is 15.9 Å². The summed E-state index contributed by atoms with van der Waals surface area (Å²) in [6, 6.07) is 13.4. The highest BCUT2D eigenvalue weighted by molar-refractivity contribution is 7.80. The summed E-state index contributed by atoms with van der Waals surface area (Å²) < 4.78 is -1.87. The Morgan fingerprint density at radius 3 is 2.27 bits per heavy atom. The Hall–Kier alpha value is -1.73. The predicted octanol–water partition coefficient (Wildman–Crippen LogP) is 4.11. The number of carbonyl (C=O) groups excluding carboxylic acids is 1. The standard InChI is InChI=1S/C17H16Cl3N3O2S/c1-10-6-8-11(9-7-10)14(25)22-15(17(18,19)20)23-16(26)21-12-4-2-3-5-13(12)24/h2-9,15,24H,1H3,(H,22,25)(H2,21,23,26). The number of halogens is 3. The van der Waals surface area contributed by atoms with Crippen molar-refractivity contribution in [1.29, 1.82) is 0 Å². The van der Waals surface area contributed by atoms with E-state index >= 15 is 0 Å². The molecule has 2 aromatic carbocycles. The Morgan fingerprint density at radius 1 is 1.08 bits per heavy atom. The van der Waals surface area contributed by atoms with Gasteiger partial charge in [0.1, 0.15) is 11.9 Å². The Kier molecular flexibility index (Phi) is 6.94. The Bertz CT molecular complexity index is 795. The van der Waals surface area contributed by atoms with Gasteiger partial charge in [0.25, 0.3) is 5.91 Å². The summed E-state index contributed by atoms with van der Waals surface area (Å²) in [5, 5.41) is 17.9. The van der Waals surface area contributed by atoms with Gasteiger partial charge in [-0.3, -0.25) is 4.79 Å². The molecule has 0 aliphatic carbocycles. The summed E-state index contributed by atoms with van der Waals surface area (Å²) in [6.07, 6.45) is -1.10. The zero-order valence-electron chi connectivity index (χ0n) is 13.6. The van der Waals surface area contributed by atoms with Gasteiger partial charge in [-0.05, 0) is 43.4 Å². The van der Waals surface area contributed by atoms with Crippen molar-refractivity contribution < 1.29 is 9.90 Å². The van der Waals surface area contributed by atoms with E-state index in [4.69, 9.17) is 47.0 Å². The van der Waals surface area contributed by atoms with E-state index in [0.717, 1.165) is 5.56 Å². The number of hydrogen-bond donors (Lipinski definition) is 4. The van der Waals surface area contributed by atoms with Gasteiger partial charge in [0, 0.05) is 5.56 Å². The van der Waals surface area contributed by atoms with Crippen LogP contribution in [0.2, 0.25) is 0 Å². The van der Waals surface area contributed by atoms with E-state index in [2.05, 4.69) is 16.0 Å². The molecule has 2 aromatic rings. The minimum absolute atomic E-state index is 0.00535. The zero-order chi connectivity index (χ0) is 19.3. The molecule has 0 heterocycles. The largest absolute Gasteiger partial charge is 0.506 e. The van der Waals surface area contributed by atoms with Crippen LogP contribution in [0.1, 0.15) is 15.9 Å². The average molecular weight is 433 g/mol. The van der Waals surface area contributed by atoms with Crippen LogP contribution in [0.25, 0.3) is 0 Å². The number of anilines is 1. The highest BCUT2D eigenvalue weighted by Crippen LogP contribution is 2.29. The second-order valence-electron chi connectivity index (χ2n) is 5.43. The number of rotatable bonds is 4. The molecule has 0 bridgehead atoms. The SMILES string of the molecule is Cc1ccc(C(=O)NC(NC(=S)Nc2ccccc2O)C(Cl)(Cl)Cl)cc1. The van der Waals surface area contributed by atoms with Crippen LogP contribution in [-0.2, 0) is 0 Å². The molecule has 0 aromatic heterocycles. The van der Waals surface area contributed by atoms with Crippen LogP contribution in [0.5, 0.6) is 5.75 Å². The lowest BCUT2D eigenvalue weighted by atomic mass is 10.1. The number of thiocarbonyl (C=S) groups is 1. The summed E-state index contributed by atoms with van der Waals surface area (Å²) in [5.41, 5.74) is 1.81. The van der Waals surface area contributed by atoms with Crippen molar-refractivity contribution in [1.82, 2.24) is 10.6 Å². The molecular formula is C17H16Cl3N3O2S. The van der Waals surface area contributed by atoms with Gasteiger partial charge in [-0.25, -0.2) is 0 Å². The van der Waals surface area contributed by atoms with E-state index in [9.17, 15) is 9.90 Å². The summed E-state index contributed by atoms with van der Waals surface area (Å²) in [6.45, 7) is 1.91. The van der Waals surface area contributed by atoms with Crippen molar-refractivity contribution in [3.63, 3.8) is 0 Å². The molecule has 1 amide bonds. The van der Waals surface area contributed by atoms with E-state index in [-0.39, 0.29) is 10.9 Å². The topological polar surface area (TPSA) is 73.4 Å². The molecule has 26 heavy (non-hydrogen) atoms. The molecule has 0 saturated carbocycles. The number of phenolic OH excluding ortho intramolecular Hbond substituents is 1. The molecule has 9 heteroatoms. The molecule has 0 radical (unpaired) electrons. The molecule has 2 rings (SSSR count). The summed E-state index contributed by atoms with van der Waals surface area (Å²) in [7, 11) is 0. The second-order valence-corrected chi connectivity index (χ2v) is 8.21. The number of amides is 1. The van der Waals surface area contributed by atoms with Crippen molar-refractivity contribution >= 4 is 63.7 Å². The lowest BCUT2D eigenvalue weighted by Gasteiger charge is -2.28. The molecule has 5 nitrogen and oxygen atoms in total. The van der Waals surface area contributed by atoms with Gasteiger partial charge in [-0.1, -0.05) is 64.6 Å². The first-order valence-electron chi connectivity index (χ1n) is 7.46. The normalized spacial score (nSPS) is 12.2. The summed E-state index contributed by atoms with van der Waals surface area (Å²) >= 11 is 23.0. The third kappa shape index (κ3) is 5.92. The molecule has 0 aliphatic rings. The minimum Gasteiger partial charge on any atom is -0.506 e. The summed E-state index contributed by atoms with van der Waals surface area (Å²) in [4.78, 5) is 12.4. The lowest BCUT2D eigenvalue weighted by Crippen LogP contribution is -2.56. The Balaban J connectivity index is 2.07. The fourth-order valence-electron chi connectivity index (χ4n) is 1.99. The average Bonchev–Trinajstić information content (AvgIpc) is 2.56. The number of alkyl halides is 3. The number of aromatic hydroxyl groups is 1. The van der Waals surface area contributed by atoms with Crippen molar-refractivity contribution in [2.75, 3.05) is 5.32 Å². The van der Waals surface area contributed by atoms with Gasteiger partial charge >= 0.3 is 0 Å². The number of carbonyl (C=O) groups is 1. The number of nitrogens with one attached hydrogen (secondary N) is 3. The molecule has 0 saturated heterocycles. The highest BCUT2D eigenvalue weighted by Gasteiger charge is 2.35. The fourth-order valence-corrected chi connectivity index (χ4v) is 2.54. The molecule has 0 spiro atoms. The third-order valence-corrected chi connectivity index (χ3v) is 4.22.